The Bertz CT molecular complexity index is 626. The molecule has 0 aliphatic heterocycles. The number of carbonyl (C=O) groups excluding carboxylic acids is 2. The molecule has 0 aliphatic rings. The molecule has 22 heavy (non-hydrogen) atoms. The molecule has 0 saturated carbocycles. The normalized spacial score (nSPS) is 10.1. The van der Waals surface area contributed by atoms with Crippen LogP contribution in [0.3, 0.4) is 0 Å². The standard InChI is InChI=1S/C17H18N2O2S/c1-18-16(20)13-6-3-5-12(9-13)11-22-15-8-4-7-14(10-15)17(21)19-2/h3-10H,11H2,1-2H3,(H,18,20)(H,19,21). The average Bonchev–Trinajstić information content (AvgIpc) is 2.59. The molecule has 0 spiro atoms. The van der Waals surface area contributed by atoms with Gasteiger partial charge in [-0.3, -0.25) is 9.59 Å². The Kier molecular flexibility index (Phi) is 5.61. The maximum absolute atomic E-state index is 11.6. The molecule has 4 nitrogen and oxygen atoms in total. The lowest BCUT2D eigenvalue weighted by atomic mass is 10.1. The fourth-order valence-electron chi connectivity index (χ4n) is 1.98. The molecule has 0 unspecified atom stereocenters. The van der Waals surface area contributed by atoms with Gasteiger partial charge in [0.2, 0.25) is 0 Å². The molecule has 2 aromatic rings. The molecule has 2 N–H and O–H groups in total. The minimum absolute atomic E-state index is 0.0894. The first-order valence-electron chi connectivity index (χ1n) is 6.90. The van der Waals surface area contributed by atoms with Crippen molar-refractivity contribution >= 4 is 23.6 Å². The molecule has 114 valence electrons. The minimum Gasteiger partial charge on any atom is -0.355 e. The van der Waals surface area contributed by atoms with E-state index in [1.807, 2.05) is 36.4 Å². The van der Waals surface area contributed by atoms with E-state index >= 15 is 0 Å². The number of thioether (sulfide) groups is 1. The third-order valence-electron chi connectivity index (χ3n) is 3.15. The molecule has 2 amide bonds. The van der Waals surface area contributed by atoms with Crippen molar-refractivity contribution in [1.29, 1.82) is 0 Å². The monoisotopic (exact) mass is 314 g/mol. The molecular formula is C17H18N2O2S. The van der Waals surface area contributed by atoms with Gasteiger partial charge in [-0.25, -0.2) is 0 Å². The Morgan fingerprint density at radius 3 is 2.14 bits per heavy atom. The van der Waals surface area contributed by atoms with Crippen molar-refractivity contribution < 1.29 is 9.59 Å². The summed E-state index contributed by atoms with van der Waals surface area (Å²) in [6, 6.07) is 15.0. The summed E-state index contributed by atoms with van der Waals surface area (Å²) in [5.41, 5.74) is 2.36. The van der Waals surface area contributed by atoms with Gasteiger partial charge >= 0.3 is 0 Å². The van der Waals surface area contributed by atoms with Crippen molar-refractivity contribution in [2.75, 3.05) is 14.1 Å². The third kappa shape index (κ3) is 4.11. The lowest BCUT2D eigenvalue weighted by molar-refractivity contribution is 0.0955. The van der Waals surface area contributed by atoms with E-state index in [1.165, 1.54) is 0 Å². The fourth-order valence-corrected chi connectivity index (χ4v) is 2.88. The number of amides is 2. The summed E-state index contributed by atoms with van der Waals surface area (Å²) in [5.74, 6) is 0.555. The second-order valence-electron chi connectivity index (χ2n) is 4.68. The van der Waals surface area contributed by atoms with Gasteiger partial charge in [-0.05, 0) is 35.9 Å². The maximum Gasteiger partial charge on any atom is 0.251 e. The first-order chi connectivity index (χ1) is 10.6. The van der Waals surface area contributed by atoms with E-state index in [0.29, 0.717) is 11.1 Å². The van der Waals surface area contributed by atoms with Gasteiger partial charge in [-0.15, -0.1) is 11.8 Å². The van der Waals surface area contributed by atoms with Crippen LogP contribution in [-0.2, 0) is 5.75 Å². The molecule has 2 aromatic carbocycles. The molecular weight excluding hydrogens is 296 g/mol. The number of rotatable bonds is 5. The predicted molar refractivity (Wildman–Crippen MR) is 89.2 cm³/mol. The van der Waals surface area contributed by atoms with Crippen molar-refractivity contribution in [3.63, 3.8) is 0 Å². The summed E-state index contributed by atoms with van der Waals surface area (Å²) in [6.45, 7) is 0. The first kappa shape index (κ1) is 16.1. The minimum atomic E-state index is -0.0935. The van der Waals surface area contributed by atoms with Crippen molar-refractivity contribution in [2.24, 2.45) is 0 Å². The van der Waals surface area contributed by atoms with Crippen molar-refractivity contribution in [3.05, 3.63) is 65.2 Å². The fraction of sp³-hybridized carbons (Fsp3) is 0.176. The van der Waals surface area contributed by atoms with Gasteiger partial charge in [0.1, 0.15) is 0 Å². The molecule has 0 bridgehead atoms. The van der Waals surface area contributed by atoms with Crippen LogP contribution in [0.1, 0.15) is 26.3 Å². The van der Waals surface area contributed by atoms with Crippen LogP contribution in [0.5, 0.6) is 0 Å². The molecule has 0 aliphatic carbocycles. The van der Waals surface area contributed by atoms with E-state index in [2.05, 4.69) is 10.6 Å². The quantitative estimate of drug-likeness (QED) is 0.834. The zero-order valence-electron chi connectivity index (χ0n) is 12.6. The van der Waals surface area contributed by atoms with E-state index < -0.39 is 0 Å². The van der Waals surface area contributed by atoms with Gasteiger partial charge in [0.05, 0.1) is 0 Å². The average molecular weight is 314 g/mol. The van der Waals surface area contributed by atoms with Gasteiger partial charge < -0.3 is 10.6 Å². The summed E-state index contributed by atoms with van der Waals surface area (Å²) in [6.07, 6.45) is 0. The Morgan fingerprint density at radius 2 is 1.50 bits per heavy atom. The molecule has 0 heterocycles. The van der Waals surface area contributed by atoms with Gasteiger partial charge in [-0.1, -0.05) is 18.2 Å². The highest BCUT2D eigenvalue weighted by atomic mass is 32.2. The van der Waals surface area contributed by atoms with E-state index in [9.17, 15) is 9.59 Å². The molecule has 0 fully saturated rings. The molecule has 0 aromatic heterocycles. The molecule has 0 radical (unpaired) electrons. The molecule has 0 saturated heterocycles. The Morgan fingerprint density at radius 1 is 0.909 bits per heavy atom. The summed E-state index contributed by atoms with van der Waals surface area (Å²) < 4.78 is 0. The highest BCUT2D eigenvalue weighted by Gasteiger charge is 2.06. The van der Waals surface area contributed by atoms with E-state index in [1.54, 1.807) is 38.0 Å². The second-order valence-corrected chi connectivity index (χ2v) is 5.72. The Hall–Kier alpha value is -2.27. The van der Waals surface area contributed by atoms with Crippen LogP contribution >= 0.6 is 11.8 Å². The van der Waals surface area contributed by atoms with E-state index in [0.717, 1.165) is 16.2 Å². The van der Waals surface area contributed by atoms with Gasteiger partial charge in [-0.2, -0.15) is 0 Å². The van der Waals surface area contributed by atoms with Crippen LogP contribution in [0.15, 0.2) is 53.4 Å². The summed E-state index contributed by atoms with van der Waals surface area (Å²) in [7, 11) is 3.24. The highest BCUT2D eigenvalue weighted by Crippen LogP contribution is 2.24. The number of hydrogen-bond acceptors (Lipinski definition) is 3. The van der Waals surface area contributed by atoms with Crippen LogP contribution in [-0.4, -0.2) is 25.9 Å². The highest BCUT2D eigenvalue weighted by molar-refractivity contribution is 7.98. The lowest BCUT2D eigenvalue weighted by Gasteiger charge is -2.06. The van der Waals surface area contributed by atoms with Crippen molar-refractivity contribution in [1.82, 2.24) is 10.6 Å². The topological polar surface area (TPSA) is 58.2 Å². The van der Waals surface area contributed by atoms with Crippen LogP contribution < -0.4 is 10.6 Å². The van der Waals surface area contributed by atoms with Gasteiger partial charge in [0, 0.05) is 35.9 Å². The van der Waals surface area contributed by atoms with Crippen LogP contribution in [0.25, 0.3) is 0 Å². The number of carbonyl (C=O) groups is 2. The molecule has 0 atom stereocenters. The molecule has 2 rings (SSSR count). The molecule has 5 heteroatoms. The Labute approximate surface area is 134 Å². The van der Waals surface area contributed by atoms with Crippen LogP contribution in [0.4, 0.5) is 0 Å². The van der Waals surface area contributed by atoms with E-state index in [4.69, 9.17) is 0 Å². The number of hydrogen-bond donors (Lipinski definition) is 2. The summed E-state index contributed by atoms with van der Waals surface area (Å²) in [4.78, 5) is 24.3. The zero-order chi connectivity index (χ0) is 15.9. The van der Waals surface area contributed by atoms with E-state index in [-0.39, 0.29) is 11.8 Å². The van der Waals surface area contributed by atoms with Crippen LogP contribution in [0.2, 0.25) is 0 Å². The SMILES string of the molecule is CNC(=O)c1cccc(CSc2cccc(C(=O)NC)c2)c1. The zero-order valence-corrected chi connectivity index (χ0v) is 13.4. The number of nitrogens with one attached hydrogen (secondary N) is 2. The maximum atomic E-state index is 11.6. The third-order valence-corrected chi connectivity index (χ3v) is 4.21. The Balaban J connectivity index is 2.07. The van der Waals surface area contributed by atoms with Crippen molar-refractivity contribution in [3.8, 4) is 0 Å². The van der Waals surface area contributed by atoms with Gasteiger partial charge in [0.15, 0.2) is 0 Å². The second kappa shape index (κ2) is 7.66. The lowest BCUT2D eigenvalue weighted by Crippen LogP contribution is -2.17. The van der Waals surface area contributed by atoms with Gasteiger partial charge in [0.25, 0.3) is 11.8 Å². The summed E-state index contributed by atoms with van der Waals surface area (Å²) in [5, 5.41) is 5.23. The number of benzene rings is 2. The predicted octanol–water partition coefficient (Wildman–Crippen LogP) is 2.70. The largest absolute Gasteiger partial charge is 0.355 e. The van der Waals surface area contributed by atoms with Crippen molar-refractivity contribution in [2.45, 2.75) is 10.6 Å². The van der Waals surface area contributed by atoms with Crippen LogP contribution in [0, 0.1) is 0 Å². The smallest absolute Gasteiger partial charge is 0.251 e. The summed E-state index contributed by atoms with van der Waals surface area (Å²) >= 11 is 1.63. The first-order valence-corrected chi connectivity index (χ1v) is 7.88.